The Labute approximate surface area is 115 Å². The Hall–Kier alpha value is -1.55. The molecule has 19 heavy (non-hydrogen) atoms. The van der Waals surface area contributed by atoms with Gasteiger partial charge in [0.2, 0.25) is 0 Å². The number of anilines is 1. The number of carbonyl (C=O) groups excluding carboxylic acids is 1. The third-order valence-corrected chi connectivity index (χ3v) is 3.08. The second-order valence-electron chi connectivity index (χ2n) is 5.03. The van der Waals surface area contributed by atoms with Gasteiger partial charge in [-0.15, -0.1) is 0 Å². The van der Waals surface area contributed by atoms with Crippen molar-refractivity contribution in [2.24, 2.45) is 0 Å². The van der Waals surface area contributed by atoms with Crippen molar-refractivity contribution in [2.75, 3.05) is 12.4 Å². The fourth-order valence-corrected chi connectivity index (χ4v) is 1.31. The average Bonchev–Trinajstić information content (AvgIpc) is 2.40. The molecule has 1 unspecified atom stereocenters. The van der Waals surface area contributed by atoms with Gasteiger partial charge in [-0.2, -0.15) is 0 Å². The number of amides is 1. The lowest BCUT2D eigenvalue weighted by atomic mass is 10.1. The molecule has 1 amide bonds. The Morgan fingerprint density at radius 3 is 2.37 bits per heavy atom. The van der Waals surface area contributed by atoms with Crippen molar-refractivity contribution >= 4 is 11.6 Å². The first kappa shape index (κ1) is 15.5. The maximum absolute atomic E-state index is 11.9. The molecule has 0 radical (unpaired) electrons. The van der Waals surface area contributed by atoms with Gasteiger partial charge >= 0.3 is 0 Å². The molecule has 4 heteroatoms. The van der Waals surface area contributed by atoms with Crippen molar-refractivity contribution in [3.05, 3.63) is 24.3 Å². The Morgan fingerprint density at radius 1 is 1.32 bits per heavy atom. The van der Waals surface area contributed by atoms with Crippen LogP contribution in [-0.2, 0) is 9.53 Å². The minimum Gasteiger partial charge on any atom is -0.491 e. The number of carbonyl (C=O) groups is 1. The third-order valence-electron chi connectivity index (χ3n) is 3.08. The van der Waals surface area contributed by atoms with E-state index in [9.17, 15) is 4.79 Å². The fraction of sp³-hybridized carbons (Fsp3) is 0.533. The van der Waals surface area contributed by atoms with Crippen LogP contribution in [0.4, 0.5) is 5.69 Å². The van der Waals surface area contributed by atoms with Crippen molar-refractivity contribution in [3.63, 3.8) is 0 Å². The molecule has 1 aromatic carbocycles. The van der Waals surface area contributed by atoms with E-state index in [1.807, 2.05) is 31.2 Å². The fourth-order valence-electron chi connectivity index (χ4n) is 1.31. The predicted octanol–water partition coefficient (Wildman–Crippen LogP) is 3.23. The van der Waals surface area contributed by atoms with Crippen LogP contribution in [0.15, 0.2) is 24.3 Å². The number of hydrogen-bond acceptors (Lipinski definition) is 3. The molecule has 4 nitrogen and oxygen atoms in total. The van der Waals surface area contributed by atoms with Crippen LogP contribution in [0.1, 0.15) is 34.1 Å². The molecule has 0 spiro atoms. The zero-order valence-electron chi connectivity index (χ0n) is 12.3. The Kier molecular flexibility index (Phi) is 5.36. The smallest absolute Gasteiger partial charge is 0.256 e. The molecule has 1 atom stereocenters. The molecule has 1 N–H and O–H groups in total. The van der Waals surface area contributed by atoms with Crippen LogP contribution in [0.25, 0.3) is 0 Å². The van der Waals surface area contributed by atoms with E-state index in [4.69, 9.17) is 9.47 Å². The first-order chi connectivity index (χ1) is 8.89. The monoisotopic (exact) mass is 265 g/mol. The lowest BCUT2D eigenvalue weighted by Crippen LogP contribution is -2.38. The van der Waals surface area contributed by atoms with Gasteiger partial charge in [0.15, 0.2) is 0 Å². The van der Waals surface area contributed by atoms with E-state index in [0.717, 1.165) is 17.9 Å². The van der Waals surface area contributed by atoms with E-state index < -0.39 is 5.60 Å². The summed E-state index contributed by atoms with van der Waals surface area (Å²) in [4.78, 5) is 11.9. The summed E-state index contributed by atoms with van der Waals surface area (Å²) in [7, 11) is 1.52. The Balaban J connectivity index is 2.65. The minimum absolute atomic E-state index is 0.175. The Bertz CT molecular complexity index is 412. The number of nitrogens with one attached hydrogen (secondary N) is 1. The van der Waals surface area contributed by atoms with Crippen molar-refractivity contribution in [1.29, 1.82) is 0 Å². The number of benzene rings is 1. The summed E-state index contributed by atoms with van der Waals surface area (Å²) in [5, 5.41) is 2.81. The molecule has 0 fully saturated rings. The first-order valence-corrected chi connectivity index (χ1v) is 6.52. The van der Waals surface area contributed by atoms with E-state index >= 15 is 0 Å². The molecule has 0 aliphatic rings. The third kappa shape index (κ3) is 4.56. The summed E-state index contributed by atoms with van der Waals surface area (Å²) in [6, 6.07) is 7.34. The summed E-state index contributed by atoms with van der Waals surface area (Å²) >= 11 is 0. The van der Waals surface area contributed by atoms with Gasteiger partial charge < -0.3 is 14.8 Å². The molecule has 0 bridgehead atoms. The number of methoxy groups -OCH3 is 1. The highest BCUT2D eigenvalue weighted by molar-refractivity contribution is 5.96. The van der Waals surface area contributed by atoms with Crippen LogP contribution in [0.2, 0.25) is 0 Å². The van der Waals surface area contributed by atoms with Crippen LogP contribution >= 0.6 is 0 Å². The molecular weight excluding hydrogens is 242 g/mol. The van der Waals surface area contributed by atoms with Gasteiger partial charge in [-0.3, -0.25) is 4.79 Å². The summed E-state index contributed by atoms with van der Waals surface area (Å²) in [5.74, 6) is 0.629. The first-order valence-electron chi connectivity index (χ1n) is 6.52. The number of hydrogen-bond donors (Lipinski definition) is 1. The molecule has 0 saturated heterocycles. The lowest BCUT2D eigenvalue weighted by Gasteiger charge is -2.21. The maximum Gasteiger partial charge on any atom is 0.256 e. The van der Waals surface area contributed by atoms with Crippen molar-refractivity contribution in [3.8, 4) is 5.75 Å². The van der Waals surface area contributed by atoms with E-state index in [1.165, 1.54) is 7.11 Å². The normalized spacial score (nSPS) is 12.9. The van der Waals surface area contributed by atoms with Gasteiger partial charge in [0, 0.05) is 12.8 Å². The predicted molar refractivity (Wildman–Crippen MR) is 76.5 cm³/mol. The number of rotatable bonds is 6. The maximum atomic E-state index is 11.9. The molecule has 0 aliphatic carbocycles. The molecule has 1 aromatic rings. The van der Waals surface area contributed by atoms with E-state index in [2.05, 4.69) is 12.2 Å². The van der Waals surface area contributed by atoms with Crippen molar-refractivity contribution in [2.45, 2.75) is 45.8 Å². The summed E-state index contributed by atoms with van der Waals surface area (Å²) in [6.07, 6.45) is 1.15. The van der Waals surface area contributed by atoms with E-state index in [0.29, 0.717) is 0 Å². The van der Waals surface area contributed by atoms with Gasteiger partial charge in [0.1, 0.15) is 11.4 Å². The lowest BCUT2D eigenvalue weighted by molar-refractivity contribution is -0.133. The van der Waals surface area contributed by atoms with Crippen molar-refractivity contribution < 1.29 is 14.3 Å². The molecular formula is C15H23NO3. The van der Waals surface area contributed by atoms with Crippen LogP contribution in [0.3, 0.4) is 0 Å². The highest BCUT2D eigenvalue weighted by Gasteiger charge is 2.26. The van der Waals surface area contributed by atoms with E-state index in [1.54, 1.807) is 13.8 Å². The van der Waals surface area contributed by atoms with Gasteiger partial charge in [0.05, 0.1) is 6.10 Å². The number of ether oxygens (including phenoxy) is 2. The Morgan fingerprint density at radius 2 is 1.89 bits per heavy atom. The molecule has 1 rings (SSSR count). The molecule has 0 heterocycles. The van der Waals surface area contributed by atoms with Crippen LogP contribution in [0.5, 0.6) is 5.75 Å². The van der Waals surface area contributed by atoms with Crippen LogP contribution < -0.4 is 10.1 Å². The van der Waals surface area contributed by atoms with Crippen LogP contribution in [0, 0.1) is 0 Å². The SMILES string of the molecule is CCC(C)Oc1ccc(NC(=O)C(C)(C)OC)cc1. The molecule has 0 saturated carbocycles. The second-order valence-corrected chi connectivity index (χ2v) is 5.03. The molecule has 0 aromatic heterocycles. The van der Waals surface area contributed by atoms with Crippen LogP contribution in [-0.4, -0.2) is 24.7 Å². The zero-order chi connectivity index (χ0) is 14.5. The average molecular weight is 265 g/mol. The van der Waals surface area contributed by atoms with Crippen molar-refractivity contribution in [1.82, 2.24) is 0 Å². The standard InChI is InChI=1S/C15H23NO3/c1-6-11(2)19-13-9-7-12(8-10-13)16-14(17)15(3,4)18-5/h7-11H,6H2,1-5H3,(H,16,17). The molecule has 106 valence electrons. The van der Waals surface area contributed by atoms with Gasteiger partial charge in [-0.1, -0.05) is 6.92 Å². The van der Waals surface area contributed by atoms with Gasteiger partial charge in [-0.05, 0) is 51.5 Å². The summed E-state index contributed by atoms with van der Waals surface area (Å²) < 4.78 is 10.8. The van der Waals surface area contributed by atoms with Gasteiger partial charge in [0.25, 0.3) is 5.91 Å². The highest BCUT2D eigenvalue weighted by Crippen LogP contribution is 2.19. The largest absolute Gasteiger partial charge is 0.491 e. The zero-order valence-corrected chi connectivity index (χ0v) is 12.3. The molecule has 0 aliphatic heterocycles. The summed E-state index contributed by atoms with van der Waals surface area (Å²) in [6.45, 7) is 7.55. The van der Waals surface area contributed by atoms with E-state index in [-0.39, 0.29) is 12.0 Å². The summed E-state index contributed by atoms with van der Waals surface area (Å²) in [5.41, 5.74) is -0.113. The van der Waals surface area contributed by atoms with Gasteiger partial charge in [-0.25, -0.2) is 0 Å². The topological polar surface area (TPSA) is 47.6 Å². The second kappa shape index (κ2) is 6.57. The highest BCUT2D eigenvalue weighted by atomic mass is 16.5. The minimum atomic E-state index is -0.841. The quantitative estimate of drug-likeness (QED) is 0.859.